The highest BCUT2D eigenvalue weighted by Crippen LogP contribution is 2.05. The van der Waals surface area contributed by atoms with Crippen LogP contribution in [0.25, 0.3) is 0 Å². The summed E-state index contributed by atoms with van der Waals surface area (Å²) in [6.45, 7) is 0. The molecule has 0 spiro atoms. The number of nitriles is 2. The fourth-order valence-corrected chi connectivity index (χ4v) is 0.652. The summed E-state index contributed by atoms with van der Waals surface area (Å²) in [6.07, 6.45) is 0. The molecule has 14 heavy (non-hydrogen) atoms. The van der Waals surface area contributed by atoms with Gasteiger partial charge in [0.05, 0.1) is 12.1 Å². The average molecular weight is 191 g/mol. The number of hydrogen-bond acceptors (Lipinski definition) is 3. The summed E-state index contributed by atoms with van der Waals surface area (Å²) in [5, 5.41) is 18.1. The first-order valence-electron chi connectivity index (χ1n) is 3.91. The second-order valence-electron chi connectivity index (χ2n) is 2.25. The van der Waals surface area contributed by atoms with Crippen LogP contribution in [0.1, 0.15) is 6.42 Å². The van der Waals surface area contributed by atoms with Crippen LogP contribution in [0.5, 0.6) is 0 Å². The number of halogens is 1. The fraction of sp³-hybridized carbons (Fsp3) is 0.200. The molecule has 0 aliphatic rings. The molecule has 1 aromatic rings. The molecule has 0 saturated heterocycles. The molecule has 0 amide bonds. The van der Waals surface area contributed by atoms with Crippen LogP contribution in [0, 0.1) is 28.5 Å². The van der Waals surface area contributed by atoms with Crippen molar-refractivity contribution in [1.29, 1.82) is 10.5 Å². The van der Waals surface area contributed by atoms with Crippen LogP contribution >= 0.6 is 0 Å². The Morgan fingerprint density at radius 2 is 1.71 bits per heavy atom. The van der Waals surface area contributed by atoms with Crippen molar-refractivity contribution in [2.45, 2.75) is 6.42 Å². The van der Waals surface area contributed by atoms with Gasteiger partial charge in [0.15, 0.2) is 0 Å². The molecule has 1 rings (SSSR count). The third-order valence-corrected chi connectivity index (χ3v) is 1.29. The van der Waals surface area contributed by atoms with Gasteiger partial charge in [-0.1, -0.05) is 0 Å². The van der Waals surface area contributed by atoms with E-state index < -0.39 is 0 Å². The van der Waals surface area contributed by atoms with Gasteiger partial charge in [-0.3, -0.25) is 0 Å². The lowest BCUT2D eigenvalue weighted by molar-refractivity contribution is 0.628. The summed E-state index contributed by atoms with van der Waals surface area (Å²) in [5.41, 5.74) is 0.927. The molecule has 3 nitrogen and oxygen atoms in total. The lowest BCUT2D eigenvalue weighted by Gasteiger charge is -1.95. The highest BCUT2D eigenvalue weighted by atomic mass is 19.1. The van der Waals surface area contributed by atoms with Gasteiger partial charge in [-0.15, -0.1) is 0 Å². The van der Waals surface area contributed by atoms with Crippen molar-refractivity contribution in [2.24, 2.45) is 0 Å². The van der Waals surface area contributed by atoms with Crippen molar-refractivity contribution in [3.8, 4) is 12.1 Å². The minimum atomic E-state index is -0.200. The third-order valence-electron chi connectivity index (χ3n) is 1.29. The van der Waals surface area contributed by atoms with E-state index in [0.29, 0.717) is 0 Å². The zero-order valence-corrected chi connectivity index (χ0v) is 7.79. The summed E-state index contributed by atoms with van der Waals surface area (Å²) >= 11 is 0. The number of hydrogen-bond donors (Lipinski definition) is 1. The van der Waals surface area contributed by atoms with Gasteiger partial charge in [0.1, 0.15) is 12.2 Å². The first-order chi connectivity index (χ1) is 6.74. The normalized spacial score (nSPS) is 7.43. The van der Waals surface area contributed by atoms with E-state index in [1.54, 1.807) is 31.3 Å². The largest absolute Gasteiger partial charge is 0.388 e. The molecule has 0 radical (unpaired) electrons. The van der Waals surface area contributed by atoms with Crippen LogP contribution < -0.4 is 5.32 Å². The molecule has 0 atom stereocenters. The van der Waals surface area contributed by atoms with Gasteiger partial charge in [0, 0.05) is 12.7 Å². The third kappa shape index (κ3) is 5.56. The quantitative estimate of drug-likeness (QED) is 0.740. The van der Waals surface area contributed by atoms with Crippen LogP contribution in [-0.2, 0) is 0 Å². The molecule has 0 aliphatic carbocycles. The molecule has 0 bridgehead atoms. The van der Waals surface area contributed by atoms with Gasteiger partial charge in [-0.25, -0.2) is 4.39 Å². The summed E-state index contributed by atoms with van der Waals surface area (Å²) < 4.78 is 12.2. The summed E-state index contributed by atoms with van der Waals surface area (Å²) in [4.78, 5) is 0. The minimum absolute atomic E-state index is 0. The maximum Gasteiger partial charge on any atom is 0.123 e. The molecule has 0 fully saturated rings. The van der Waals surface area contributed by atoms with E-state index >= 15 is 0 Å². The maximum atomic E-state index is 12.2. The van der Waals surface area contributed by atoms with Gasteiger partial charge in [0.2, 0.25) is 0 Å². The van der Waals surface area contributed by atoms with Gasteiger partial charge in [-0.05, 0) is 24.3 Å². The lowest BCUT2D eigenvalue weighted by atomic mass is 10.3. The van der Waals surface area contributed by atoms with Crippen molar-refractivity contribution in [1.82, 2.24) is 0 Å². The maximum absolute atomic E-state index is 12.2. The zero-order chi connectivity index (χ0) is 10.8. The molecule has 1 N–H and O–H groups in total. The van der Waals surface area contributed by atoms with Crippen LogP contribution in [0.4, 0.5) is 10.1 Å². The van der Waals surface area contributed by atoms with Gasteiger partial charge in [0.25, 0.3) is 0 Å². The van der Waals surface area contributed by atoms with E-state index in [4.69, 9.17) is 10.5 Å². The minimum Gasteiger partial charge on any atom is -0.388 e. The second-order valence-corrected chi connectivity index (χ2v) is 2.25. The molecule has 0 aromatic heterocycles. The number of rotatable bonds is 1. The predicted octanol–water partition coefficient (Wildman–Crippen LogP) is 2.29. The Hall–Kier alpha value is -2.07. The molecular formula is C10H10FN3. The Bertz CT molecular complexity index is 320. The standard InChI is InChI=1S/C7H8FN.C3H2N2/c1-9-7-4-2-6(8)3-5-7;4-2-1-3-5/h2-5,9H,1H3;1H2. The Labute approximate surface area is 82.4 Å². The van der Waals surface area contributed by atoms with E-state index in [-0.39, 0.29) is 12.2 Å². The molecule has 0 heterocycles. The number of nitrogens with zero attached hydrogens (tertiary/aromatic N) is 2. The van der Waals surface area contributed by atoms with Crippen molar-refractivity contribution < 1.29 is 4.39 Å². The molecule has 72 valence electrons. The Morgan fingerprint density at radius 1 is 1.21 bits per heavy atom. The topological polar surface area (TPSA) is 59.6 Å². The Balaban J connectivity index is 0.000000292. The van der Waals surface area contributed by atoms with E-state index in [2.05, 4.69) is 5.32 Å². The molecule has 1 aromatic carbocycles. The summed E-state index contributed by atoms with van der Waals surface area (Å²) in [7, 11) is 1.80. The van der Waals surface area contributed by atoms with Crippen LogP contribution in [-0.4, -0.2) is 7.05 Å². The van der Waals surface area contributed by atoms with Crippen LogP contribution in [0.15, 0.2) is 24.3 Å². The van der Waals surface area contributed by atoms with Crippen molar-refractivity contribution >= 4 is 5.69 Å². The van der Waals surface area contributed by atoms with E-state index in [0.717, 1.165) is 5.69 Å². The zero-order valence-electron chi connectivity index (χ0n) is 7.79. The first-order valence-corrected chi connectivity index (χ1v) is 3.91. The molecule has 0 saturated carbocycles. The molecule has 0 aliphatic heterocycles. The molecular weight excluding hydrogens is 181 g/mol. The van der Waals surface area contributed by atoms with E-state index in [1.807, 2.05) is 0 Å². The van der Waals surface area contributed by atoms with Gasteiger partial charge in [-0.2, -0.15) is 10.5 Å². The Morgan fingerprint density at radius 3 is 2.00 bits per heavy atom. The number of nitrogens with one attached hydrogen (secondary N) is 1. The number of anilines is 1. The monoisotopic (exact) mass is 191 g/mol. The van der Waals surface area contributed by atoms with Crippen LogP contribution in [0.3, 0.4) is 0 Å². The van der Waals surface area contributed by atoms with Crippen molar-refractivity contribution in [2.75, 3.05) is 12.4 Å². The highest BCUT2D eigenvalue weighted by Gasteiger charge is 1.86. The second kappa shape index (κ2) is 7.57. The molecule has 4 heteroatoms. The van der Waals surface area contributed by atoms with Gasteiger partial charge >= 0.3 is 0 Å². The lowest BCUT2D eigenvalue weighted by Crippen LogP contribution is -1.86. The van der Waals surface area contributed by atoms with E-state index in [1.165, 1.54) is 12.1 Å². The average Bonchev–Trinajstić information content (AvgIpc) is 2.21. The smallest absolute Gasteiger partial charge is 0.123 e. The fourth-order valence-electron chi connectivity index (χ4n) is 0.652. The summed E-state index contributed by atoms with van der Waals surface area (Å²) in [6, 6.07) is 9.54. The van der Waals surface area contributed by atoms with E-state index in [9.17, 15) is 4.39 Å². The first kappa shape index (κ1) is 11.9. The highest BCUT2D eigenvalue weighted by molar-refractivity contribution is 5.41. The van der Waals surface area contributed by atoms with Gasteiger partial charge < -0.3 is 5.32 Å². The SMILES string of the molecule is CNc1ccc(F)cc1.N#CCC#N. The van der Waals surface area contributed by atoms with Crippen LogP contribution in [0.2, 0.25) is 0 Å². The number of benzene rings is 1. The van der Waals surface area contributed by atoms with Crippen molar-refractivity contribution in [3.05, 3.63) is 30.1 Å². The summed E-state index contributed by atoms with van der Waals surface area (Å²) in [5.74, 6) is -0.200. The van der Waals surface area contributed by atoms with Crippen molar-refractivity contribution in [3.63, 3.8) is 0 Å². The Kier molecular flexibility index (Phi) is 6.45. The molecule has 0 unspecified atom stereocenters. The predicted molar refractivity (Wildman–Crippen MR) is 51.8 cm³/mol.